The number of Topliss-reactive ketones (excluding diaryl/α,β-unsaturated/α-hetero) is 1. The summed E-state index contributed by atoms with van der Waals surface area (Å²) in [7, 11) is 0. The highest BCUT2D eigenvalue weighted by atomic mass is 32.1. The second-order valence-corrected chi connectivity index (χ2v) is 5.82. The first-order chi connectivity index (χ1) is 8.74. The fourth-order valence-electron chi connectivity index (χ4n) is 2.56. The fraction of sp³-hybridized carbons (Fsp3) is 0.429. The predicted molar refractivity (Wildman–Crippen MR) is 72.3 cm³/mol. The van der Waals surface area contributed by atoms with Crippen molar-refractivity contribution in [3.63, 3.8) is 0 Å². The molecule has 0 saturated carbocycles. The molecule has 3 nitrogen and oxygen atoms in total. The Bertz CT molecular complexity index is 582. The average Bonchev–Trinajstić information content (AvgIpc) is 2.94. The van der Waals surface area contributed by atoms with Gasteiger partial charge in [0.1, 0.15) is 0 Å². The first-order valence-electron chi connectivity index (χ1n) is 6.36. The molecule has 0 aliphatic heterocycles. The molecule has 0 spiro atoms. The Morgan fingerprint density at radius 2 is 2.33 bits per heavy atom. The molecule has 1 aliphatic carbocycles. The molecular weight excluding hydrogens is 244 g/mol. The van der Waals surface area contributed by atoms with Gasteiger partial charge in [-0.25, -0.2) is 4.98 Å². The van der Waals surface area contributed by atoms with Crippen LogP contribution in [0.5, 0.6) is 0 Å². The van der Waals surface area contributed by atoms with Crippen LogP contribution in [0.4, 0.5) is 0 Å². The molecule has 0 N–H and O–H groups in total. The van der Waals surface area contributed by atoms with Gasteiger partial charge in [-0.15, -0.1) is 11.3 Å². The van der Waals surface area contributed by atoms with Crippen molar-refractivity contribution in [2.24, 2.45) is 0 Å². The molecule has 0 atom stereocenters. The Labute approximate surface area is 110 Å². The minimum atomic E-state index is 0.305. The third-order valence-electron chi connectivity index (χ3n) is 3.47. The molecule has 0 amide bonds. The Kier molecular flexibility index (Phi) is 3.04. The topological polar surface area (TPSA) is 34.9 Å². The van der Waals surface area contributed by atoms with Gasteiger partial charge in [0, 0.05) is 42.2 Å². The number of nitrogens with zero attached hydrogens (tertiary/aromatic N) is 2. The predicted octanol–water partition coefficient (Wildman–Crippen LogP) is 3.01. The normalized spacial score (nSPS) is 14.8. The van der Waals surface area contributed by atoms with Crippen LogP contribution in [-0.2, 0) is 19.4 Å². The van der Waals surface area contributed by atoms with Crippen molar-refractivity contribution in [3.8, 4) is 0 Å². The van der Waals surface area contributed by atoms with Crippen molar-refractivity contribution in [1.29, 1.82) is 0 Å². The lowest BCUT2D eigenvalue weighted by atomic mass is 9.97. The molecule has 0 unspecified atom stereocenters. The van der Waals surface area contributed by atoms with Crippen LogP contribution in [0.1, 0.15) is 39.6 Å². The SMILES string of the molecule is Cc1nc(CCn2ccc3c2CCCC3=O)cs1. The van der Waals surface area contributed by atoms with E-state index in [0.29, 0.717) is 12.2 Å². The van der Waals surface area contributed by atoms with E-state index < -0.39 is 0 Å². The van der Waals surface area contributed by atoms with Crippen molar-refractivity contribution in [2.45, 2.75) is 39.2 Å². The quantitative estimate of drug-likeness (QED) is 0.850. The number of hydrogen-bond acceptors (Lipinski definition) is 3. The van der Waals surface area contributed by atoms with Gasteiger partial charge in [-0.2, -0.15) is 0 Å². The highest BCUT2D eigenvalue weighted by Crippen LogP contribution is 2.22. The summed E-state index contributed by atoms with van der Waals surface area (Å²) in [5.41, 5.74) is 3.32. The molecule has 0 saturated heterocycles. The summed E-state index contributed by atoms with van der Waals surface area (Å²) in [6.07, 6.45) is 5.73. The van der Waals surface area contributed by atoms with Gasteiger partial charge in [-0.1, -0.05) is 0 Å². The van der Waals surface area contributed by atoms with Crippen LogP contribution in [0.3, 0.4) is 0 Å². The van der Waals surface area contributed by atoms with Gasteiger partial charge < -0.3 is 4.57 Å². The average molecular weight is 260 g/mol. The van der Waals surface area contributed by atoms with Crippen molar-refractivity contribution in [3.05, 3.63) is 39.6 Å². The highest BCUT2D eigenvalue weighted by molar-refractivity contribution is 7.09. The molecule has 3 rings (SSSR count). The summed E-state index contributed by atoms with van der Waals surface area (Å²) in [6, 6.07) is 1.98. The van der Waals surface area contributed by atoms with Gasteiger partial charge in [0.15, 0.2) is 5.78 Å². The van der Waals surface area contributed by atoms with Crippen molar-refractivity contribution < 1.29 is 4.79 Å². The number of aromatic nitrogens is 2. The molecule has 4 heteroatoms. The maximum Gasteiger partial charge on any atom is 0.164 e. The van der Waals surface area contributed by atoms with Gasteiger partial charge in [-0.3, -0.25) is 4.79 Å². The maximum absolute atomic E-state index is 11.8. The number of ketones is 1. The van der Waals surface area contributed by atoms with Gasteiger partial charge >= 0.3 is 0 Å². The van der Waals surface area contributed by atoms with Crippen molar-refractivity contribution in [2.75, 3.05) is 0 Å². The lowest BCUT2D eigenvalue weighted by molar-refractivity contribution is 0.0972. The first kappa shape index (κ1) is 11.7. The summed E-state index contributed by atoms with van der Waals surface area (Å²) in [5, 5.41) is 3.24. The van der Waals surface area contributed by atoms with Gasteiger partial charge in [-0.05, 0) is 25.8 Å². The number of thiazole rings is 1. The second kappa shape index (κ2) is 4.69. The summed E-state index contributed by atoms with van der Waals surface area (Å²) in [4.78, 5) is 16.2. The van der Waals surface area contributed by atoms with Gasteiger partial charge in [0.25, 0.3) is 0 Å². The second-order valence-electron chi connectivity index (χ2n) is 4.75. The van der Waals surface area contributed by atoms with Gasteiger partial charge in [0.2, 0.25) is 0 Å². The summed E-state index contributed by atoms with van der Waals surface area (Å²) >= 11 is 1.70. The van der Waals surface area contributed by atoms with E-state index in [0.717, 1.165) is 42.1 Å². The minimum Gasteiger partial charge on any atom is -0.350 e. The zero-order valence-electron chi connectivity index (χ0n) is 10.5. The molecular formula is C14H16N2OS. The summed E-state index contributed by atoms with van der Waals surface area (Å²) in [6.45, 7) is 2.95. The zero-order valence-corrected chi connectivity index (χ0v) is 11.3. The third-order valence-corrected chi connectivity index (χ3v) is 4.29. The molecule has 0 fully saturated rings. The minimum absolute atomic E-state index is 0.305. The maximum atomic E-state index is 11.8. The van der Waals surface area contributed by atoms with Gasteiger partial charge in [0.05, 0.1) is 10.7 Å². The van der Waals surface area contributed by atoms with E-state index in [1.165, 1.54) is 5.69 Å². The van der Waals surface area contributed by atoms with E-state index in [1.54, 1.807) is 11.3 Å². The molecule has 94 valence electrons. The van der Waals surface area contributed by atoms with Crippen molar-refractivity contribution >= 4 is 17.1 Å². The number of hydrogen-bond donors (Lipinski definition) is 0. The largest absolute Gasteiger partial charge is 0.350 e. The Balaban J connectivity index is 1.75. The van der Waals surface area contributed by atoms with E-state index in [9.17, 15) is 4.79 Å². The zero-order chi connectivity index (χ0) is 12.5. The van der Waals surface area contributed by atoms with E-state index in [2.05, 4.69) is 14.9 Å². The van der Waals surface area contributed by atoms with E-state index >= 15 is 0 Å². The van der Waals surface area contributed by atoms with E-state index in [-0.39, 0.29) is 0 Å². The molecule has 0 aromatic carbocycles. The first-order valence-corrected chi connectivity index (χ1v) is 7.24. The molecule has 2 aromatic rings. The number of carbonyl (C=O) groups excluding carboxylic acids is 1. The smallest absolute Gasteiger partial charge is 0.164 e. The molecule has 2 heterocycles. The Morgan fingerprint density at radius 1 is 1.44 bits per heavy atom. The number of rotatable bonds is 3. The molecule has 18 heavy (non-hydrogen) atoms. The lowest BCUT2D eigenvalue weighted by Gasteiger charge is -2.14. The molecule has 0 radical (unpaired) electrons. The van der Waals surface area contributed by atoms with Crippen molar-refractivity contribution in [1.82, 2.24) is 9.55 Å². The Hall–Kier alpha value is -1.42. The number of aryl methyl sites for hydroxylation is 3. The van der Waals surface area contributed by atoms with E-state index in [1.807, 2.05) is 19.2 Å². The summed E-state index contributed by atoms with van der Waals surface area (Å²) in [5.74, 6) is 0.305. The van der Waals surface area contributed by atoms with Crippen LogP contribution in [0.2, 0.25) is 0 Å². The number of carbonyl (C=O) groups is 1. The highest BCUT2D eigenvalue weighted by Gasteiger charge is 2.20. The monoisotopic (exact) mass is 260 g/mol. The third kappa shape index (κ3) is 2.12. The van der Waals surface area contributed by atoms with Crippen LogP contribution < -0.4 is 0 Å². The molecule has 0 bridgehead atoms. The van der Waals surface area contributed by atoms with E-state index in [4.69, 9.17) is 0 Å². The Morgan fingerprint density at radius 3 is 3.11 bits per heavy atom. The van der Waals surface area contributed by atoms with Crippen LogP contribution in [0.25, 0.3) is 0 Å². The lowest BCUT2D eigenvalue weighted by Crippen LogP contribution is -2.13. The fourth-order valence-corrected chi connectivity index (χ4v) is 3.20. The summed E-state index contributed by atoms with van der Waals surface area (Å²) < 4.78 is 2.22. The standard InChI is InChI=1S/C14H16N2OS/c1-10-15-11(9-18-10)5-7-16-8-6-12-13(16)3-2-4-14(12)17/h6,8-9H,2-5,7H2,1H3. The van der Waals surface area contributed by atoms with Crippen LogP contribution in [0, 0.1) is 6.92 Å². The molecule has 1 aliphatic rings. The van der Waals surface area contributed by atoms with Crippen LogP contribution in [0.15, 0.2) is 17.6 Å². The van der Waals surface area contributed by atoms with Crippen LogP contribution >= 0.6 is 11.3 Å². The molecule has 2 aromatic heterocycles. The number of fused-ring (bicyclic) bond motifs is 1. The van der Waals surface area contributed by atoms with Crippen LogP contribution in [-0.4, -0.2) is 15.3 Å².